The third-order valence-electron chi connectivity index (χ3n) is 1.15. The minimum absolute atomic E-state index is 0. The SMILES string of the molecule is NC1CCC1.[Ti]. The minimum atomic E-state index is 0. The zero-order chi connectivity index (χ0) is 3.70. The molecule has 2 N–H and O–H groups in total. The van der Waals surface area contributed by atoms with Crippen molar-refractivity contribution in [2.75, 3.05) is 0 Å². The maximum absolute atomic E-state index is 5.38. The topological polar surface area (TPSA) is 26.0 Å². The first-order chi connectivity index (χ1) is 2.39. The normalized spacial score (nSPS) is 21.5. The van der Waals surface area contributed by atoms with E-state index in [0.29, 0.717) is 6.04 Å². The van der Waals surface area contributed by atoms with Crippen LogP contribution in [0.4, 0.5) is 0 Å². The summed E-state index contributed by atoms with van der Waals surface area (Å²) in [6.07, 6.45) is 3.89. The van der Waals surface area contributed by atoms with Gasteiger partial charge < -0.3 is 5.73 Å². The van der Waals surface area contributed by atoms with Crippen molar-refractivity contribution >= 4 is 0 Å². The van der Waals surface area contributed by atoms with E-state index >= 15 is 0 Å². The van der Waals surface area contributed by atoms with Gasteiger partial charge in [-0.25, -0.2) is 0 Å². The van der Waals surface area contributed by atoms with E-state index in [1.54, 1.807) is 0 Å². The van der Waals surface area contributed by atoms with Crippen molar-refractivity contribution in [2.45, 2.75) is 25.3 Å². The summed E-state index contributed by atoms with van der Waals surface area (Å²) < 4.78 is 0. The largest absolute Gasteiger partial charge is 0.328 e. The molecule has 1 rings (SSSR count). The third-order valence-corrected chi connectivity index (χ3v) is 1.15. The van der Waals surface area contributed by atoms with Gasteiger partial charge in [-0.15, -0.1) is 0 Å². The molecule has 0 amide bonds. The van der Waals surface area contributed by atoms with Crippen LogP contribution in [0.2, 0.25) is 0 Å². The fraction of sp³-hybridized carbons (Fsp3) is 1.00. The van der Waals surface area contributed by atoms with E-state index in [1.807, 2.05) is 0 Å². The second kappa shape index (κ2) is 2.78. The van der Waals surface area contributed by atoms with E-state index in [1.165, 1.54) is 19.3 Å². The van der Waals surface area contributed by atoms with Gasteiger partial charge in [0.25, 0.3) is 0 Å². The number of nitrogens with two attached hydrogens (primary N) is 1. The summed E-state index contributed by atoms with van der Waals surface area (Å²) in [5.74, 6) is 0. The molecule has 0 radical (unpaired) electrons. The molecule has 6 heavy (non-hydrogen) atoms. The number of rotatable bonds is 0. The molecule has 0 aromatic carbocycles. The first kappa shape index (κ1) is 6.67. The Balaban J connectivity index is 0.000000250. The molecule has 1 aliphatic rings. The molecule has 34 valence electrons. The Morgan fingerprint density at radius 2 is 1.67 bits per heavy atom. The quantitative estimate of drug-likeness (QED) is 0.461. The molecule has 0 spiro atoms. The summed E-state index contributed by atoms with van der Waals surface area (Å²) in [5, 5.41) is 0. The minimum Gasteiger partial charge on any atom is -0.328 e. The van der Waals surface area contributed by atoms with E-state index < -0.39 is 0 Å². The maximum atomic E-state index is 5.38. The summed E-state index contributed by atoms with van der Waals surface area (Å²) >= 11 is 0. The molecule has 0 aromatic rings. The smallest absolute Gasteiger partial charge is 0.00388 e. The number of hydrogen-bond donors (Lipinski definition) is 1. The molecule has 1 saturated carbocycles. The Hall–Kier alpha value is 0.674. The standard InChI is InChI=1S/C4H9N.Ti/c5-4-2-1-3-4;/h4H,1-3,5H2;. The molecule has 0 aromatic heterocycles. The Morgan fingerprint density at radius 3 is 1.67 bits per heavy atom. The van der Waals surface area contributed by atoms with Crippen molar-refractivity contribution < 1.29 is 21.7 Å². The van der Waals surface area contributed by atoms with Crippen LogP contribution in [0, 0.1) is 0 Å². The van der Waals surface area contributed by atoms with E-state index in [4.69, 9.17) is 5.73 Å². The zero-order valence-electron chi connectivity index (χ0n) is 3.78. The Kier molecular flexibility index (Phi) is 3.10. The molecule has 0 saturated heterocycles. The molecule has 1 nitrogen and oxygen atoms in total. The summed E-state index contributed by atoms with van der Waals surface area (Å²) in [6, 6.07) is 0.565. The first-order valence-corrected chi connectivity index (χ1v) is 2.15. The molecule has 1 fully saturated rings. The van der Waals surface area contributed by atoms with E-state index in [-0.39, 0.29) is 21.7 Å². The van der Waals surface area contributed by atoms with Crippen molar-refractivity contribution in [3.63, 3.8) is 0 Å². The van der Waals surface area contributed by atoms with Gasteiger partial charge in [-0.05, 0) is 12.8 Å². The van der Waals surface area contributed by atoms with Crippen molar-refractivity contribution in [1.82, 2.24) is 0 Å². The maximum Gasteiger partial charge on any atom is 0.00388 e. The molecular weight excluding hydrogens is 110 g/mol. The van der Waals surface area contributed by atoms with E-state index in [9.17, 15) is 0 Å². The van der Waals surface area contributed by atoms with Crippen LogP contribution in [-0.4, -0.2) is 6.04 Å². The average Bonchev–Trinajstić information content (AvgIpc) is 1.30. The number of hydrogen-bond acceptors (Lipinski definition) is 1. The third kappa shape index (κ3) is 1.42. The summed E-state index contributed by atoms with van der Waals surface area (Å²) in [4.78, 5) is 0. The van der Waals surface area contributed by atoms with Gasteiger partial charge in [0.2, 0.25) is 0 Å². The van der Waals surface area contributed by atoms with Crippen LogP contribution in [0.1, 0.15) is 19.3 Å². The van der Waals surface area contributed by atoms with Gasteiger partial charge in [0, 0.05) is 27.8 Å². The van der Waals surface area contributed by atoms with Crippen LogP contribution < -0.4 is 5.73 Å². The summed E-state index contributed by atoms with van der Waals surface area (Å²) in [6.45, 7) is 0. The molecule has 0 heterocycles. The van der Waals surface area contributed by atoms with Crippen LogP contribution in [0.3, 0.4) is 0 Å². The molecular formula is C4H9NTi. The van der Waals surface area contributed by atoms with E-state index in [0.717, 1.165) is 0 Å². The fourth-order valence-corrected chi connectivity index (χ4v) is 0.440. The van der Waals surface area contributed by atoms with Gasteiger partial charge in [0.15, 0.2) is 0 Å². The second-order valence-corrected chi connectivity index (χ2v) is 1.69. The zero-order valence-corrected chi connectivity index (χ0v) is 5.34. The van der Waals surface area contributed by atoms with Crippen molar-refractivity contribution in [2.24, 2.45) is 5.73 Å². The van der Waals surface area contributed by atoms with Crippen LogP contribution in [0.15, 0.2) is 0 Å². The predicted octanol–water partition coefficient (Wildman–Crippen LogP) is 0.495. The fourth-order valence-electron chi connectivity index (χ4n) is 0.440. The second-order valence-electron chi connectivity index (χ2n) is 1.69. The van der Waals surface area contributed by atoms with Crippen LogP contribution >= 0.6 is 0 Å². The van der Waals surface area contributed by atoms with Crippen LogP contribution in [-0.2, 0) is 21.7 Å². The van der Waals surface area contributed by atoms with Gasteiger partial charge in [0.05, 0.1) is 0 Å². The Morgan fingerprint density at radius 1 is 1.33 bits per heavy atom. The van der Waals surface area contributed by atoms with Gasteiger partial charge in [-0.3, -0.25) is 0 Å². The van der Waals surface area contributed by atoms with Gasteiger partial charge >= 0.3 is 0 Å². The van der Waals surface area contributed by atoms with E-state index in [2.05, 4.69) is 0 Å². The first-order valence-electron chi connectivity index (χ1n) is 2.15. The Labute approximate surface area is 53.2 Å². The molecule has 2 heteroatoms. The molecule has 0 atom stereocenters. The van der Waals surface area contributed by atoms with Crippen LogP contribution in [0.25, 0.3) is 0 Å². The molecule has 0 aliphatic heterocycles. The molecule has 0 bridgehead atoms. The monoisotopic (exact) mass is 119 g/mol. The van der Waals surface area contributed by atoms with Gasteiger partial charge in [-0.1, -0.05) is 6.42 Å². The van der Waals surface area contributed by atoms with Gasteiger partial charge in [-0.2, -0.15) is 0 Å². The van der Waals surface area contributed by atoms with Crippen molar-refractivity contribution in [3.8, 4) is 0 Å². The molecule has 0 unspecified atom stereocenters. The predicted molar refractivity (Wildman–Crippen MR) is 21.8 cm³/mol. The van der Waals surface area contributed by atoms with Gasteiger partial charge in [0.1, 0.15) is 0 Å². The average molecular weight is 119 g/mol. The summed E-state index contributed by atoms with van der Waals surface area (Å²) in [7, 11) is 0. The van der Waals surface area contributed by atoms with Crippen molar-refractivity contribution in [3.05, 3.63) is 0 Å². The van der Waals surface area contributed by atoms with Crippen molar-refractivity contribution in [1.29, 1.82) is 0 Å². The summed E-state index contributed by atoms with van der Waals surface area (Å²) in [5.41, 5.74) is 5.38. The Bertz CT molecular complexity index is 34.5. The van der Waals surface area contributed by atoms with Crippen LogP contribution in [0.5, 0.6) is 0 Å². The molecule has 1 aliphatic carbocycles.